The largest absolute Gasteiger partial charge is 0.369 e. The third kappa shape index (κ3) is 3.40. The maximum absolute atomic E-state index is 11.2. The van der Waals surface area contributed by atoms with E-state index in [0.717, 1.165) is 0 Å². The summed E-state index contributed by atoms with van der Waals surface area (Å²) in [4.78, 5) is 25.4. The Morgan fingerprint density at radius 3 is 2.68 bits per heavy atom. The second-order valence-electron chi connectivity index (χ2n) is 4.79. The molecule has 0 aliphatic heterocycles. The smallest absolute Gasteiger partial charge is 0.291 e. The molecule has 0 aromatic carbocycles. The fourth-order valence-corrected chi connectivity index (χ4v) is 1.71. The molecule has 3 N–H and O–H groups in total. The second-order valence-corrected chi connectivity index (χ2v) is 5.58. The van der Waals surface area contributed by atoms with Crippen LogP contribution in [0.25, 0.3) is 0 Å². The Morgan fingerprint density at radius 2 is 2.21 bits per heavy atom. The van der Waals surface area contributed by atoms with Gasteiger partial charge in [-0.1, -0.05) is 0 Å². The lowest BCUT2D eigenvalue weighted by molar-refractivity contribution is -0.385. The molecule has 1 aromatic rings. The van der Waals surface area contributed by atoms with Gasteiger partial charge in [0.25, 0.3) is 5.69 Å². The van der Waals surface area contributed by atoms with Crippen LogP contribution in [0.2, 0.25) is 0 Å². The van der Waals surface area contributed by atoms with E-state index in [2.05, 4.69) is 26.2 Å². The number of rotatable bonds is 5. The summed E-state index contributed by atoms with van der Waals surface area (Å²) < 4.78 is 0.502. The molecular weight excluding hydrogens is 316 g/mol. The number of nitrogens with two attached hydrogens (primary N) is 1. The lowest BCUT2D eigenvalue weighted by Gasteiger charge is -2.21. The van der Waals surface area contributed by atoms with Crippen LogP contribution in [0.15, 0.2) is 10.7 Å². The molecule has 0 aliphatic carbocycles. The van der Waals surface area contributed by atoms with Crippen LogP contribution < -0.4 is 11.1 Å². The minimum absolute atomic E-state index is 0.0633. The summed E-state index contributed by atoms with van der Waals surface area (Å²) in [5, 5.41) is 13.7. The van der Waals surface area contributed by atoms with Crippen LogP contribution in [0.1, 0.15) is 19.4 Å². The topological polar surface area (TPSA) is 111 Å². The summed E-state index contributed by atoms with van der Waals surface area (Å²) in [7, 11) is 0. The van der Waals surface area contributed by atoms with E-state index in [1.807, 2.05) is 0 Å². The molecule has 1 rings (SSSR count). The quantitative estimate of drug-likeness (QED) is 0.633. The summed E-state index contributed by atoms with van der Waals surface area (Å²) in [6, 6.07) is 0. The van der Waals surface area contributed by atoms with Crippen molar-refractivity contribution in [2.75, 3.05) is 11.9 Å². The molecular formula is C11H15BrN4O3. The Morgan fingerprint density at radius 1 is 1.63 bits per heavy atom. The Kier molecular flexibility index (Phi) is 4.46. The predicted octanol–water partition coefficient (Wildman–Crippen LogP) is 1.98. The summed E-state index contributed by atoms with van der Waals surface area (Å²) in [5.74, 6) is 0.00665. The SMILES string of the molecule is Cc1c([N+](=O)[O-])cnc(NCC(C)(C)C(N)=O)c1Br. The Bertz CT molecular complexity index is 531. The number of carbonyl (C=O) groups excluding carboxylic acids is 1. The van der Waals surface area contributed by atoms with Gasteiger partial charge in [-0.25, -0.2) is 4.98 Å². The lowest BCUT2D eigenvalue weighted by atomic mass is 9.93. The van der Waals surface area contributed by atoms with Gasteiger partial charge < -0.3 is 11.1 Å². The fourth-order valence-electron chi connectivity index (χ4n) is 1.27. The van der Waals surface area contributed by atoms with Crippen molar-refractivity contribution >= 4 is 33.3 Å². The number of nitrogens with zero attached hydrogens (tertiary/aromatic N) is 2. The molecule has 19 heavy (non-hydrogen) atoms. The number of anilines is 1. The normalized spacial score (nSPS) is 11.2. The number of aromatic nitrogens is 1. The molecule has 0 bridgehead atoms. The van der Waals surface area contributed by atoms with Crippen LogP contribution in [-0.4, -0.2) is 22.4 Å². The van der Waals surface area contributed by atoms with Crippen molar-refractivity contribution in [2.45, 2.75) is 20.8 Å². The van der Waals surface area contributed by atoms with E-state index in [-0.39, 0.29) is 12.2 Å². The molecule has 1 heterocycles. The molecule has 8 heteroatoms. The number of pyridine rings is 1. The van der Waals surface area contributed by atoms with Crippen LogP contribution in [-0.2, 0) is 4.79 Å². The third-order valence-corrected chi connectivity index (χ3v) is 3.77. The predicted molar refractivity (Wildman–Crippen MR) is 74.8 cm³/mol. The molecule has 7 nitrogen and oxygen atoms in total. The zero-order valence-corrected chi connectivity index (χ0v) is 12.4. The van der Waals surface area contributed by atoms with Crippen molar-refractivity contribution in [2.24, 2.45) is 11.1 Å². The van der Waals surface area contributed by atoms with Crippen LogP contribution >= 0.6 is 15.9 Å². The highest BCUT2D eigenvalue weighted by atomic mass is 79.9. The molecule has 0 fully saturated rings. The molecule has 0 aliphatic rings. The number of amides is 1. The summed E-state index contributed by atoms with van der Waals surface area (Å²) in [6.07, 6.45) is 1.18. The monoisotopic (exact) mass is 330 g/mol. The lowest BCUT2D eigenvalue weighted by Crippen LogP contribution is -2.37. The Balaban J connectivity index is 2.96. The van der Waals surface area contributed by atoms with Gasteiger partial charge in [-0.15, -0.1) is 0 Å². The summed E-state index contributed by atoms with van der Waals surface area (Å²) in [6.45, 7) is 5.31. The minimum Gasteiger partial charge on any atom is -0.369 e. The first-order valence-electron chi connectivity index (χ1n) is 5.50. The Labute approximate surface area is 118 Å². The van der Waals surface area contributed by atoms with Gasteiger partial charge in [0.2, 0.25) is 5.91 Å². The van der Waals surface area contributed by atoms with E-state index in [4.69, 9.17) is 5.73 Å². The zero-order chi connectivity index (χ0) is 14.8. The zero-order valence-electron chi connectivity index (χ0n) is 10.9. The van der Waals surface area contributed by atoms with Gasteiger partial charge in [0.05, 0.1) is 14.8 Å². The van der Waals surface area contributed by atoms with Crippen molar-refractivity contribution in [3.63, 3.8) is 0 Å². The number of halogens is 1. The maximum Gasteiger partial charge on any atom is 0.291 e. The van der Waals surface area contributed by atoms with E-state index in [0.29, 0.717) is 15.9 Å². The van der Waals surface area contributed by atoms with Crippen LogP contribution in [0.5, 0.6) is 0 Å². The number of nitrogens with one attached hydrogen (secondary N) is 1. The molecule has 0 spiro atoms. The van der Waals surface area contributed by atoms with Crippen LogP contribution in [0, 0.1) is 22.5 Å². The van der Waals surface area contributed by atoms with E-state index in [1.54, 1.807) is 20.8 Å². The van der Waals surface area contributed by atoms with Gasteiger partial charge in [-0.2, -0.15) is 0 Å². The first-order chi connectivity index (χ1) is 8.66. The second kappa shape index (κ2) is 5.52. The van der Waals surface area contributed by atoms with Crippen molar-refractivity contribution in [1.29, 1.82) is 0 Å². The molecule has 0 atom stereocenters. The standard InChI is InChI=1S/C11H15BrN4O3/c1-6-7(16(18)19)4-14-9(8(6)12)15-5-11(2,3)10(13)17/h4H,5H2,1-3H3,(H2,13,17)(H,14,15). The number of carbonyl (C=O) groups is 1. The van der Waals surface area contributed by atoms with Gasteiger partial charge in [0, 0.05) is 12.1 Å². The molecule has 1 aromatic heterocycles. The van der Waals surface area contributed by atoms with Crippen molar-refractivity contribution < 1.29 is 9.72 Å². The highest BCUT2D eigenvalue weighted by Gasteiger charge is 2.25. The van der Waals surface area contributed by atoms with Gasteiger partial charge in [0.1, 0.15) is 12.0 Å². The van der Waals surface area contributed by atoms with Crippen molar-refractivity contribution in [1.82, 2.24) is 4.98 Å². The molecule has 0 saturated heterocycles. The number of primary amides is 1. The van der Waals surface area contributed by atoms with E-state index in [9.17, 15) is 14.9 Å². The van der Waals surface area contributed by atoms with Crippen LogP contribution in [0.4, 0.5) is 11.5 Å². The summed E-state index contributed by atoms with van der Waals surface area (Å²) in [5.41, 5.74) is 4.93. The van der Waals surface area contributed by atoms with Gasteiger partial charge >= 0.3 is 0 Å². The molecule has 0 unspecified atom stereocenters. The number of hydrogen-bond donors (Lipinski definition) is 2. The first-order valence-corrected chi connectivity index (χ1v) is 6.29. The van der Waals surface area contributed by atoms with Crippen molar-refractivity contribution in [3.8, 4) is 0 Å². The first kappa shape index (κ1) is 15.4. The van der Waals surface area contributed by atoms with Crippen molar-refractivity contribution in [3.05, 3.63) is 26.3 Å². The van der Waals surface area contributed by atoms with E-state index >= 15 is 0 Å². The minimum atomic E-state index is -0.739. The molecule has 104 valence electrons. The maximum atomic E-state index is 11.2. The summed E-state index contributed by atoms with van der Waals surface area (Å²) >= 11 is 3.26. The fraction of sp³-hybridized carbons (Fsp3) is 0.455. The van der Waals surface area contributed by atoms with Crippen LogP contribution in [0.3, 0.4) is 0 Å². The highest BCUT2D eigenvalue weighted by Crippen LogP contribution is 2.31. The van der Waals surface area contributed by atoms with Gasteiger partial charge in [-0.3, -0.25) is 14.9 Å². The van der Waals surface area contributed by atoms with E-state index in [1.165, 1.54) is 6.20 Å². The van der Waals surface area contributed by atoms with Gasteiger partial charge in [-0.05, 0) is 36.7 Å². The third-order valence-electron chi connectivity index (χ3n) is 2.80. The van der Waals surface area contributed by atoms with Gasteiger partial charge in [0.15, 0.2) is 0 Å². The molecule has 0 saturated carbocycles. The average molecular weight is 331 g/mol. The number of nitro groups is 1. The average Bonchev–Trinajstić information content (AvgIpc) is 2.30. The Hall–Kier alpha value is -1.70. The molecule has 1 amide bonds. The molecule has 0 radical (unpaired) electrons. The van der Waals surface area contributed by atoms with E-state index < -0.39 is 16.2 Å². The highest BCUT2D eigenvalue weighted by molar-refractivity contribution is 9.10. The number of hydrogen-bond acceptors (Lipinski definition) is 5.